The average molecular weight is 406 g/mol. The molecule has 8 nitrogen and oxygen atoms in total. The van der Waals surface area contributed by atoms with Crippen LogP contribution in [0.25, 0.3) is 0 Å². The minimum Gasteiger partial charge on any atom is -0.466 e. The monoisotopic (exact) mass is 405 g/mol. The summed E-state index contributed by atoms with van der Waals surface area (Å²) in [5.74, 6) is -0.635. The lowest BCUT2D eigenvalue weighted by Gasteiger charge is -2.35. The smallest absolute Gasteiger partial charge is 0.310 e. The van der Waals surface area contributed by atoms with E-state index in [0.29, 0.717) is 52.5 Å². The molecule has 27 heavy (non-hydrogen) atoms. The Morgan fingerprint density at radius 2 is 2.00 bits per heavy atom. The van der Waals surface area contributed by atoms with E-state index < -0.39 is 6.04 Å². The van der Waals surface area contributed by atoms with Crippen LogP contribution in [0.15, 0.2) is 0 Å². The number of piperidine rings is 1. The van der Waals surface area contributed by atoms with Gasteiger partial charge >= 0.3 is 5.97 Å². The van der Waals surface area contributed by atoms with Crippen molar-refractivity contribution in [2.45, 2.75) is 39.2 Å². The number of rotatable bonds is 8. The molecule has 156 valence electrons. The van der Waals surface area contributed by atoms with Crippen molar-refractivity contribution in [3.63, 3.8) is 0 Å². The van der Waals surface area contributed by atoms with Gasteiger partial charge in [-0.1, -0.05) is 0 Å². The Morgan fingerprint density at radius 3 is 2.70 bits per heavy atom. The normalized spacial score (nSPS) is 23.0. The van der Waals surface area contributed by atoms with Crippen molar-refractivity contribution in [1.29, 1.82) is 0 Å². The standard InChI is InChI=1S/C18H31N3O5.ClH/c1-3-25-11-10-20-9-7-19-15(17(20)23)12-16(22)21-8-5-6-14(13-21)18(24)26-4-2;/h14-15,19H,3-13H2,1-2H3;1H. The molecule has 0 radical (unpaired) electrons. The van der Waals surface area contributed by atoms with Crippen LogP contribution in [-0.2, 0) is 23.9 Å². The van der Waals surface area contributed by atoms with Crippen molar-refractivity contribution in [2.24, 2.45) is 5.92 Å². The third-order valence-corrected chi connectivity index (χ3v) is 4.86. The zero-order chi connectivity index (χ0) is 18.9. The largest absolute Gasteiger partial charge is 0.466 e. The molecule has 0 aromatic heterocycles. The van der Waals surface area contributed by atoms with Crippen LogP contribution < -0.4 is 5.32 Å². The number of carbonyl (C=O) groups excluding carboxylic acids is 3. The summed E-state index contributed by atoms with van der Waals surface area (Å²) < 4.78 is 10.4. The number of piperazine rings is 1. The quantitative estimate of drug-likeness (QED) is 0.465. The summed E-state index contributed by atoms with van der Waals surface area (Å²) in [5, 5.41) is 3.14. The number of carbonyl (C=O) groups is 3. The van der Waals surface area contributed by atoms with Crippen molar-refractivity contribution in [1.82, 2.24) is 15.1 Å². The topological polar surface area (TPSA) is 88.2 Å². The van der Waals surface area contributed by atoms with E-state index in [1.54, 1.807) is 16.7 Å². The molecule has 9 heteroatoms. The maximum atomic E-state index is 12.6. The maximum absolute atomic E-state index is 12.6. The SMILES string of the molecule is CCOCCN1CCNC(CC(=O)N2CCCC(C(=O)OCC)C2)C1=O.Cl. The summed E-state index contributed by atoms with van der Waals surface area (Å²) in [6.07, 6.45) is 1.65. The molecule has 0 aliphatic carbocycles. The lowest BCUT2D eigenvalue weighted by molar-refractivity contribution is -0.152. The van der Waals surface area contributed by atoms with Crippen LogP contribution in [0.2, 0.25) is 0 Å². The zero-order valence-electron chi connectivity index (χ0n) is 16.3. The van der Waals surface area contributed by atoms with Gasteiger partial charge in [-0.2, -0.15) is 0 Å². The fraction of sp³-hybridized carbons (Fsp3) is 0.833. The number of halogens is 1. The van der Waals surface area contributed by atoms with Gasteiger partial charge in [-0.15, -0.1) is 12.4 Å². The maximum Gasteiger partial charge on any atom is 0.310 e. The molecule has 2 fully saturated rings. The number of hydrogen-bond donors (Lipinski definition) is 1. The molecule has 2 saturated heterocycles. The minimum absolute atomic E-state index is 0. The van der Waals surface area contributed by atoms with Gasteiger partial charge in [0.2, 0.25) is 11.8 Å². The highest BCUT2D eigenvalue weighted by atomic mass is 35.5. The first-order valence-corrected chi connectivity index (χ1v) is 9.61. The number of likely N-dealkylation sites (tertiary alicyclic amines) is 1. The van der Waals surface area contributed by atoms with Crippen molar-refractivity contribution in [3.05, 3.63) is 0 Å². The summed E-state index contributed by atoms with van der Waals surface area (Å²) >= 11 is 0. The van der Waals surface area contributed by atoms with Crippen molar-refractivity contribution in [3.8, 4) is 0 Å². The van der Waals surface area contributed by atoms with E-state index in [-0.39, 0.29) is 42.5 Å². The Kier molecular flexibility index (Phi) is 10.6. The molecule has 0 aromatic carbocycles. The fourth-order valence-corrected chi connectivity index (χ4v) is 3.45. The van der Waals surface area contributed by atoms with Crippen molar-refractivity contribution < 1.29 is 23.9 Å². The molecule has 1 N–H and O–H groups in total. The first-order valence-electron chi connectivity index (χ1n) is 9.61. The van der Waals surface area contributed by atoms with Gasteiger partial charge < -0.3 is 24.6 Å². The molecule has 2 heterocycles. The Labute approximate surface area is 167 Å². The molecule has 2 atom stereocenters. The van der Waals surface area contributed by atoms with Crippen LogP contribution in [0.1, 0.15) is 33.1 Å². The second-order valence-electron chi connectivity index (χ2n) is 6.66. The van der Waals surface area contributed by atoms with E-state index in [1.165, 1.54) is 0 Å². The molecule has 2 rings (SSSR count). The van der Waals surface area contributed by atoms with Crippen molar-refractivity contribution >= 4 is 30.2 Å². The highest BCUT2D eigenvalue weighted by Crippen LogP contribution is 2.19. The summed E-state index contributed by atoms with van der Waals surface area (Å²) in [4.78, 5) is 40.6. The van der Waals surface area contributed by atoms with E-state index in [2.05, 4.69) is 5.32 Å². The number of hydrogen-bond acceptors (Lipinski definition) is 6. The molecule has 2 unspecified atom stereocenters. The molecule has 2 amide bonds. The third kappa shape index (κ3) is 6.93. The van der Waals surface area contributed by atoms with E-state index in [0.717, 1.165) is 12.8 Å². The third-order valence-electron chi connectivity index (χ3n) is 4.86. The van der Waals surface area contributed by atoms with Crippen LogP contribution in [0.3, 0.4) is 0 Å². The number of ether oxygens (including phenoxy) is 2. The first-order chi connectivity index (χ1) is 12.6. The van der Waals surface area contributed by atoms with E-state index in [1.807, 2.05) is 6.92 Å². The van der Waals surface area contributed by atoms with Gasteiger partial charge in [0.1, 0.15) is 0 Å². The fourth-order valence-electron chi connectivity index (χ4n) is 3.45. The Hall–Kier alpha value is -1.38. The van der Waals surface area contributed by atoms with Crippen LogP contribution in [0, 0.1) is 5.92 Å². The summed E-state index contributed by atoms with van der Waals surface area (Å²) in [6, 6.07) is -0.499. The number of esters is 1. The van der Waals surface area contributed by atoms with Crippen LogP contribution in [-0.4, -0.2) is 86.2 Å². The van der Waals surface area contributed by atoms with Gasteiger partial charge in [0.25, 0.3) is 0 Å². The molecule has 2 aliphatic heterocycles. The molecule has 0 saturated carbocycles. The van der Waals surface area contributed by atoms with Gasteiger partial charge in [-0.25, -0.2) is 0 Å². The van der Waals surface area contributed by atoms with Crippen molar-refractivity contribution in [2.75, 3.05) is 52.5 Å². The first kappa shape index (κ1) is 23.7. The van der Waals surface area contributed by atoms with Gasteiger partial charge in [0.05, 0.1) is 31.6 Å². The summed E-state index contributed by atoms with van der Waals surface area (Å²) in [6.45, 7) is 8.04. The van der Waals surface area contributed by atoms with E-state index >= 15 is 0 Å². The van der Waals surface area contributed by atoms with Crippen LogP contribution in [0.4, 0.5) is 0 Å². The predicted molar refractivity (Wildman–Crippen MR) is 103 cm³/mol. The second kappa shape index (κ2) is 12.2. The predicted octanol–water partition coefficient (Wildman–Crippen LogP) is 0.437. The molecule has 0 spiro atoms. The minimum atomic E-state index is -0.499. The van der Waals surface area contributed by atoms with Crippen LogP contribution >= 0.6 is 12.4 Å². The molecule has 0 aromatic rings. The Morgan fingerprint density at radius 1 is 1.22 bits per heavy atom. The van der Waals surface area contributed by atoms with Gasteiger partial charge in [-0.05, 0) is 26.7 Å². The highest BCUT2D eigenvalue weighted by molar-refractivity contribution is 5.89. The van der Waals surface area contributed by atoms with E-state index in [9.17, 15) is 14.4 Å². The van der Waals surface area contributed by atoms with Gasteiger partial charge in [0.15, 0.2) is 0 Å². The number of amides is 2. The molecular formula is C18H32ClN3O5. The Bertz CT molecular complexity index is 505. The van der Waals surface area contributed by atoms with Gasteiger partial charge in [-0.3, -0.25) is 14.4 Å². The Balaban J connectivity index is 0.00000364. The van der Waals surface area contributed by atoms with E-state index in [4.69, 9.17) is 9.47 Å². The van der Waals surface area contributed by atoms with Crippen LogP contribution in [0.5, 0.6) is 0 Å². The lowest BCUT2D eigenvalue weighted by atomic mass is 9.97. The lowest BCUT2D eigenvalue weighted by Crippen LogP contribution is -2.57. The number of nitrogens with one attached hydrogen (secondary N) is 1. The molecular weight excluding hydrogens is 374 g/mol. The molecule has 0 bridgehead atoms. The highest BCUT2D eigenvalue weighted by Gasteiger charge is 2.34. The van der Waals surface area contributed by atoms with Gasteiger partial charge in [0, 0.05) is 39.3 Å². The summed E-state index contributed by atoms with van der Waals surface area (Å²) in [5.41, 5.74) is 0. The average Bonchev–Trinajstić information content (AvgIpc) is 2.65. The molecule has 2 aliphatic rings. The zero-order valence-corrected chi connectivity index (χ0v) is 17.1. The summed E-state index contributed by atoms with van der Waals surface area (Å²) in [7, 11) is 0. The second-order valence-corrected chi connectivity index (χ2v) is 6.66. The number of nitrogens with zero attached hydrogens (tertiary/aromatic N) is 2.